The van der Waals surface area contributed by atoms with Crippen LogP contribution in [0.15, 0.2) is 24.5 Å². The maximum Gasteiger partial charge on any atom is 0.0840 e. The lowest BCUT2D eigenvalue weighted by atomic mass is 9.99. The van der Waals surface area contributed by atoms with Crippen LogP contribution >= 0.6 is 0 Å². The van der Waals surface area contributed by atoms with Crippen LogP contribution in [0.3, 0.4) is 0 Å². The second-order valence-corrected chi connectivity index (χ2v) is 3.42. The molecule has 0 spiro atoms. The number of rotatable bonds is 1. The molecule has 1 aromatic heterocycles. The van der Waals surface area contributed by atoms with Crippen molar-refractivity contribution >= 4 is 0 Å². The number of hydrogen-bond acceptors (Lipinski definition) is 3. The zero-order valence-electron chi connectivity index (χ0n) is 7.52. The molecule has 13 heavy (non-hydrogen) atoms. The highest BCUT2D eigenvalue weighted by atomic mass is 16.5. The molecule has 0 amide bonds. The Morgan fingerprint density at radius 1 is 1.38 bits per heavy atom. The third-order valence-electron chi connectivity index (χ3n) is 2.40. The van der Waals surface area contributed by atoms with Crippen molar-refractivity contribution in [2.45, 2.75) is 25.0 Å². The molecule has 0 aromatic carbocycles. The van der Waals surface area contributed by atoms with E-state index in [1.165, 1.54) is 5.56 Å². The minimum Gasteiger partial charge on any atom is -0.373 e. The lowest BCUT2D eigenvalue weighted by molar-refractivity contribution is 0.00663. The van der Waals surface area contributed by atoms with Crippen molar-refractivity contribution in [1.29, 1.82) is 0 Å². The van der Waals surface area contributed by atoms with E-state index in [4.69, 9.17) is 10.5 Å². The van der Waals surface area contributed by atoms with Crippen LogP contribution in [0.2, 0.25) is 0 Å². The predicted molar refractivity (Wildman–Crippen MR) is 50.1 cm³/mol. The number of pyridine rings is 1. The largest absolute Gasteiger partial charge is 0.373 e. The second-order valence-electron chi connectivity index (χ2n) is 3.42. The molecule has 70 valence electrons. The smallest absolute Gasteiger partial charge is 0.0840 e. The molecule has 3 nitrogen and oxygen atoms in total. The van der Waals surface area contributed by atoms with Crippen molar-refractivity contribution in [3.05, 3.63) is 30.1 Å². The Bertz CT molecular complexity index is 263. The average Bonchev–Trinajstić information content (AvgIpc) is 2.19. The van der Waals surface area contributed by atoms with Crippen molar-refractivity contribution < 1.29 is 4.74 Å². The normalized spacial score (nSPS) is 28.7. The highest BCUT2D eigenvalue weighted by Crippen LogP contribution is 2.26. The Morgan fingerprint density at radius 2 is 2.15 bits per heavy atom. The zero-order valence-corrected chi connectivity index (χ0v) is 7.52. The van der Waals surface area contributed by atoms with Gasteiger partial charge in [0.1, 0.15) is 0 Å². The second kappa shape index (κ2) is 3.85. The molecule has 0 bridgehead atoms. The molecule has 1 saturated heterocycles. The van der Waals surface area contributed by atoms with Gasteiger partial charge in [0.25, 0.3) is 0 Å². The predicted octanol–water partition coefficient (Wildman–Crippen LogP) is 1.26. The summed E-state index contributed by atoms with van der Waals surface area (Å²) in [6.45, 7) is 0.772. The minimum atomic E-state index is 0.173. The SMILES string of the molecule is N[C@H]1CCO[C@H](c2ccncc2)C1. The van der Waals surface area contributed by atoms with Crippen molar-refractivity contribution in [1.82, 2.24) is 4.98 Å². The van der Waals surface area contributed by atoms with E-state index in [1.54, 1.807) is 12.4 Å². The average molecular weight is 178 g/mol. The van der Waals surface area contributed by atoms with Crippen molar-refractivity contribution in [3.63, 3.8) is 0 Å². The van der Waals surface area contributed by atoms with E-state index in [0.29, 0.717) is 0 Å². The first kappa shape index (κ1) is 8.66. The van der Waals surface area contributed by atoms with Crippen LogP contribution in [0.5, 0.6) is 0 Å². The van der Waals surface area contributed by atoms with Gasteiger partial charge in [0, 0.05) is 25.0 Å². The zero-order chi connectivity index (χ0) is 9.10. The van der Waals surface area contributed by atoms with E-state index in [9.17, 15) is 0 Å². The fraction of sp³-hybridized carbons (Fsp3) is 0.500. The van der Waals surface area contributed by atoms with E-state index in [1.807, 2.05) is 12.1 Å². The Labute approximate surface area is 77.9 Å². The summed E-state index contributed by atoms with van der Waals surface area (Å²) in [6, 6.07) is 4.26. The topological polar surface area (TPSA) is 48.1 Å². The van der Waals surface area contributed by atoms with Crippen LogP contribution in [0.25, 0.3) is 0 Å². The highest BCUT2D eigenvalue weighted by Gasteiger charge is 2.20. The summed E-state index contributed by atoms with van der Waals surface area (Å²) in [7, 11) is 0. The molecular weight excluding hydrogens is 164 g/mol. The first-order chi connectivity index (χ1) is 6.36. The molecule has 0 saturated carbocycles. The maximum absolute atomic E-state index is 5.87. The van der Waals surface area contributed by atoms with Gasteiger partial charge in [-0.3, -0.25) is 4.98 Å². The minimum absolute atomic E-state index is 0.173. The first-order valence-corrected chi connectivity index (χ1v) is 4.63. The molecule has 0 radical (unpaired) electrons. The summed E-state index contributed by atoms with van der Waals surface area (Å²) in [4.78, 5) is 3.97. The molecule has 1 aromatic rings. The fourth-order valence-electron chi connectivity index (χ4n) is 1.63. The van der Waals surface area contributed by atoms with Gasteiger partial charge in [-0.15, -0.1) is 0 Å². The highest BCUT2D eigenvalue weighted by molar-refractivity contribution is 5.14. The van der Waals surface area contributed by atoms with Crippen molar-refractivity contribution in [2.75, 3.05) is 6.61 Å². The van der Waals surface area contributed by atoms with Gasteiger partial charge in [0.05, 0.1) is 6.10 Å². The summed E-state index contributed by atoms with van der Waals surface area (Å²) in [5.41, 5.74) is 7.05. The Balaban J connectivity index is 2.08. The number of nitrogens with zero attached hydrogens (tertiary/aromatic N) is 1. The third kappa shape index (κ3) is 2.05. The molecule has 3 heteroatoms. The Kier molecular flexibility index (Phi) is 2.57. The molecule has 0 aliphatic carbocycles. The summed E-state index contributed by atoms with van der Waals surface area (Å²) < 4.78 is 5.63. The molecule has 2 N–H and O–H groups in total. The molecule has 1 fully saturated rings. The summed E-state index contributed by atoms with van der Waals surface area (Å²) >= 11 is 0. The fourth-order valence-corrected chi connectivity index (χ4v) is 1.63. The van der Waals surface area contributed by atoms with Gasteiger partial charge in [0.15, 0.2) is 0 Å². The number of ether oxygens (including phenoxy) is 1. The van der Waals surface area contributed by atoms with Gasteiger partial charge in [-0.1, -0.05) is 0 Å². The van der Waals surface area contributed by atoms with Crippen molar-refractivity contribution in [2.24, 2.45) is 5.73 Å². The molecule has 0 unspecified atom stereocenters. The monoisotopic (exact) mass is 178 g/mol. The standard InChI is InChI=1S/C10H14N2O/c11-9-3-6-13-10(7-9)8-1-4-12-5-2-8/h1-2,4-5,9-10H,3,6-7,11H2/t9-,10-/m0/s1. The maximum atomic E-state index is 5.87. The Morgan fingerprint density at radius 3 is 2.85 bits per heavy atom. The van der Waals surface area contributed by atoms with E-state index in [0.717, 1.165) is 19.4 Å². The van der Waals surface area contributed by atoms with Gasteiger partial charge in [-0.05, 0) is 30.5 Å². The number of nitrogens with two attached hydrogens (primary N) is 1. The molecule has 2 rings (SSSR count). The van der Waals surface area contributed by atoms with Gasteiger partial charge in [-0.2, -0.15) is 0 Å². The van der Waals surface area contributed by atoms with Gasteiger partial charge in [-0.25, -0.2) is 0 Å². The van der Waals surface area contributed by atoms with E-state index >= 15 is 0 Å². The lowest BCUT2D eigenvalue weighted by Gasteiger charge is -2.27. The van der Waals surface area contributed by atoms with Crippen LogP contribution < -0.4 is 5.73 Å². The van der Waals surface area contributed by atoms with E-state index in [2.05, 4.69) is 4.98 Å². The summed E-state index contributed by atoms with van der Waals surface area (Å²) in [5.74, 6) is 0. The number of hydrogen-bond donors (Lipinski definition) is 1. The third-order valence-corrected chi connectivity index (χ3v) is 2.40. The van der Waals surface area contributed by atoms with Crippen LogP contribution in [0.1, 0.15) is 24.5 Å². The first-order valence-electron chi connectivity index (χ1n) is 4.63. The van der Waals surface area contributed by atoms with Gasteiger partial charge < -0.3 is 10.5 Å². The van der Waals surface area contributed by atoms with Crippen LogP contribution in [-0.4, -0.2) is 17.6 Å². The van der Waals surface area contributed by atoms with Gasteiger partial charge >= 0.3 is 0 Å². The summed E-state index contributed by atoms with van der Waals surface area (Å²) in [5, 5.41) is 0. The number of aromatic nitrogens is 1. The molecule has 1 aliphatic rings. The molecule has 2 atom stereocenters. The van der Waals surface area contributed by atoms with Crippen LogP contribution in [-0.2, 0) is 4.74 Å². The molecule has 2 heterocycles. The molecule has 1 aliphatic heterocycles. The van der Waals surface area contributed by atoms with E-state index < -0.39 is 0 Å². The van der Waals surface area contributed by atoms with Crippen LogP contribution in [0.4, 0.5) is 0 Å². The Hall–Kier alpha value is -0.930. The van der Waals surface area contributed by atoms with E-state index in [-0.39, 0.29) is 12.1 Å². The summed E-state index contributed by atoms with van der Waals surface area (Å²) in [6.07, 6.45) is 5.65. The van der Waals surface area contributed by atoms with Crippen molar-refractivity contribution in [3.8, 4) is 0 Å². The van der Waals surface area contributed by atoms with Crippen LogP contribution in [0, 0.1) is 0 Å². The molecular formula is C10H14N2O. The van der Waals surface area contributed by atoms with Gasteiger partial charge in [0.2, 0.25) is 0 Å². The quantitative estimate of drug-likeness (QED) is 0.704. The lowest BCUT2D eigenvalue weighted by Crippen LogP contribution is -2.30.